The molecule has 11 aromatic rings. The fourth-order valence-corrected chi connectivity index (χ4v) is 11.8. The Bertz CT molecular complexity index is 3520. The Morgan fingerprint density at radius 2 is 0.949 bits per heavy atom. The van der Waals surface area contributed by atoms with Gasteiger partial charge in [0.25, 0.3) is 0 Å². The van der Waals surface area contributed by atoms with Crippen LogP contribution in [-0.2, 0) is 5.41 Å². The number of rotatable bonds is 4. The Hall–Kier alpha value is -7.26. The molecule has 1 unspecified atom stereocenters. The molecular weight excluding hydrogens is 731 g/mol. The van der Waals surface area contributed by atoms with Gasteiger partial charge in [-0.05, 0) is 114 Å². The van der Waals surface area contributed by atoms with E-state index in [1.165, 1.54) is 97.4 Å². The van der Waals surface area contributed by atoms with Gasteiger partial charge in [-0.25, -0.2) is 0 Å². The molecule has 0 saturated heterocycles. The highest BCUT2D eigenvalue weighted by molar-refractivity contribution is 7.25. The van der Waals surface area contributed by atoms with Gasteiger partial charge in [0.1, 0.15) is 0 Å². The van der Waals surface area contributed by atoms with Crippen molar-refractivity contribution in [2.45, 2.75) is 5.41 Å². The third-order valence-corrected chi connectivity index (χ3v) is 14.2. The van der Waals surface area contributed by atoms with Crippen LogP contribution in [0.5, 0.6) is 0 Å². The predicted molar refractivity (Wildman–Crippen MR) is 251 cm³/mol. The van der Waals surface area contributed by atoms with Crippen molar-refractivity contribution < 1.29 is 0 Å². The van der Waals surface area contributed by atoms with Crippen molar-refractivity contribution in [3.8, 4) is 33.4 Å². The van der Waals surface area contributed by atoms with Crippen LogP contribution in [-0.4, -0.2) is 0 Å². The first-order chi connectivity index (χ1) is 29.3. The number of benzene rings is 10. The highest BCUT2D eigenvalue weighted by atomic mass is 32.1. The second-order valence-electron chi connectivity index (χ2n) is 15.9. The van der Waals surface area contributed by atoms with E-state index >= 15 is 0 Å². The zero-order valence-corrected chi connectivity index (χ0v) is 32.9. The van der Waals surface area contributed by atoms with E-state index in [2.05, 4.69) is 217 Å². The van der Waals surface area contributed by atoms with Gasteiger partial charge in [-0.2, -0.15) is 0 Å². The third-order valence-electron chi connectivity index (χ3n) is 13.0. The molecule has 2 aliphatic carbocycles. The Balaban J connectivity index is 1.17. The maximum absolute atomic E-state index is 2.53. The van der Waals surface area contributed by atoms with Crippen molar-refractivity contribution in [3.05, 3.63) is 235 Å². The van der Waals surface area contributed by atoms with Gasteiger partial charge in [-0.1, -0.05) is 170 Å². The minimum atomic E-state index is -0.588. The monoisotopic (exact) mass is 765 g/mol. The number of nitrogens with zero attached hydrogens (tertiary/aromatic N) is 1. The average molecular weight is 766 g/mol. The number of hydrogen-bond acceptors (Lipinski definition) is 2. The summed E-state index contributed by atoms with van der Waals surface area (Å²) >= 11 is 1.87. The van der Waals surface area contributed by atoms with E-state index in [9.17, 15) is 0 Å². The Morgan fingerprint density at radius 3 is 1.81 bits per heavy atom. The van der Waals surface area contributed by atoms with Crippen molar-refractivity contribution in [2.75, 3.05) is 4.90 Å². The number of anilines is 3. The van der Waals surface area contributed by atoms with Crippen LogP contribution in [0.4, 0.5) is 17.1 Å². The molecule has 1 spiro atoms. The molecule has 0 bridgehead atoms. The quantitative estimate of drug-likeness (QED) is 0.172. The van der Waals surface area contributed by atoms with Gasteiger partial charge in [0.05, 0.1) is 11.1 Å². The van der Waals surface area contributed by atoms with Crippen LogP contribution >= 0.6 is 11.3 Å². The van der Waals surface area contributed by atoms with Gasteiger partial charge in [-0.15, -0.1) is 11.3 Å². The summed E-state index contributed by atoms with van der Waals surface area (Å²) in [5.74, 6) is 0. The summed E-state index contributed by atoms with van der Waals surface area (Å²) in [4.78, 5) is 2.51. The molecule has 0 fully saturated rings. The van der Waals surface area contributed by atoms with Gasteiger partial charge in [-0.3, -0.25) is 0 Å². The molecule has 0 radical (unpaired) electrons. The van der Waals surface area contributed by atoms with E-state index < -0.39 is 5.41 Å². The lowest BCUT2D eigenvalue weighted by Gasteiger charge is -2.41. The third kappa shape index (κ3) is 4.50. The summed E-state index contributed by atoms with van der Waals surface area (Å²) in [5.41, 5.74) is 15.9. The van der Waals surface area contributed by atoms with Crippen molar-refractivity contribution >= 4 is 70.1 Å². The van der Waals surface area contributed by atoms with E-state index in [0.29, 0.717) is 0 Å². The van der Waals surface area contributed by atoms with Crippen molar-refractivity contribution in [2.24, 2.45) is 0 Å². The van der Waals surface area contributed by atoms with Crippen molar-refractivity contribution in [1.29, 1.82) is 0 Å². The standard InChI is InChI=1S/C57H35NS/c1-2-14-37(15-3-1)42-31-28-38-18-12-23-47-44-21-7-10-25-50(44)57(56(42)55(38)47)49-24-9-6-20-43(49)45-32-29-40(35-51(45)57)58(52-26-13-17-36-16-4-5-19-41(36)52)39-30-33-54-48(34-39)46-22-8-11-27-53(46)59-54/h1-35H. The minimum Gasteiger partial charge on any atom is -0.310 e. The first kappa shape index (κ1) is 32.8. The van der Waals surface area contributed by atoms with E-state index in [1.54, 1.807) is 0 Å². The molecule has 2 aliphatic rings. The number of thiophene rings is 1. The largest absolute Gasteiger partial charge is 0.310 e. The molecule has 274 valence electrons. The van der Waals surface area contributed by atoms with Crippen LogP contribution in [0.3, 0.4) is 0 Å². The molecule has 10 aromatic carbocycles. The topological polar surface area (TPSA) is 3.24 Å². The van der Waals surface area contributed by atoms with Gasteiger partial charge in [0.2, 0.25) is 0 Å². The molecule has 1 nitrogen and oxygen atoms in total. The van der Waals surface area contributed by atoms with Gasteiger partial charge in [0.15, 0.2) is 0 Å². The van der Waals surface area contributed by atoms with E-state index in [4.69, 9.17) is 0 Å². The van der Waals surface area contributed by atoms with Gasteiger partial charge in [0, 0.05) is 36.9 Å². The zero-order valence-electron chi connectivity index (χ0n) is 32.1. The van der Waals surface area contributed by atoms with Crippen LogP contribution in [0, 0.1) is 0 Å². The van der Waals surface area contributed by atoms with E-state index in [1.807, 2.05) is 11.3 Å². The lowest BCUT2D eigenvalue weighted by atomic mass is 9.60. The zero-order chi connectivity index (χ0) is 38.7. The van der Waals surface area contributed by atoms with Crippen molar-refractivity contribution in [1.82, 2.24) is 0 Å². The minimum absolute atomic E-state index is 0.588. The van der Waals surface area contributed by atoms with E-state index in [0.717, 1.165) is 17.1 Å². The van der Waals surface area contributed by atoms with Crippen LogP contribution in [0.25, 0.3) is 75.1 Å². The Labute approximate surface area is 346 Å². The summed E-state index contributed by atoms with van der Waals surface area (Å²) in [6.45, 7) is 0. The fourth-order valence-electron chi connectivity index (χ4n) is 10.7. The summed E-state index contributed by atoms with van der Waals surface area (Å²) < 4.78 is 2.61. The fraction of sp³-hybridized carbons (Fsp3) is 0.0175. The molecule has 2 heteroatoms. The summed E-state index contributed by atoms with van der Waals surface area (Å²) in [6.07, 6.45) is 0. The Morgan fingerprint density at radius 1 is 0.356 bits per heavy atom. The molecule has 0 amide bonds. The second-order valence-corrected chi connectivity index (χ2v) is 17.0. The smallest absolute Gasteiger partial charge is 0.0732 e. The van der Waals surface area contributed by atoms with Crippen LogP contribution < -0.4 is 4.90 Å². The van der Waals surface area contributed by atoms with Gasteiger partial charge >= 0.3 is 0 Å². The van der Waals surface area contributed by atoms with E-state index in [-0.39, 0.29) is 0 Å². The normalized spacial score (nSPS) is 14.8. The Kier molecular flexibility index (Phi) is 6.87. The van der Waals surface area contributed by atoms with Gasteiger partial charge < -0.3 is 4.90 Å². The molecule has 0 N–H and O–H groups in total. The molecule has 1 heterocycles. The van der Waals surface area contributed by atoms with Crippen LogP contribution in [0.15, 0.2) is 212 Å². The molecule has 0 saturated carbocycles. The van der Waals surface area contributed by atoms with Crippen LogP contribution in [0.1, 0.15) is 22.3 Å². The lowest BCUT2D eigenvalue weighted by Crippen LogP contribution is -2.32. The highest BCUT2D eigenvalue weighted by Gasteiger charge is 2.51. The molecular formula is C57H35NS. The molecule has 1 atom stereocenters. The number of fused-ring (bicyclic) bond motifs is 13. The number of hydrogen-bond donors (Lipinski definition) is 0. The maximum atomic E-state index is 2.53. The molecule has 13 rings (SSSR count). The maximum Gasteiger partial charge on any atom is 0.0732 e. The summed E-state index contributed by atoms with van der Waals surface area (Å²) in [6, 6.07) is 79.6. The predicted octanol–water partition coefficient (Wildman–Crippen LogP) is 15.8. The SMILES string of the molecule is c1ccc(-c2ccc3cccc4c3c2C2(c3ccccc3-c3ccc(N(c5ccc6sc7ccccc7c6c5)c5cccc6ccccc56)cc32)c2ccccc2-4)cc1. The first-order valence-electron chi connectivity index (χ1n) is 20.4. The summed E-state index contributed by atoms with van der Waals surface area (Å²) in [5, 5.41) is 7.63. The molecule has 0 aliphatic heterocycles. The van der Waals surface area contributed by atoms with Crippen molar-refractivity contribution in [3.63, 3.8) is 0 Å². The second kappa shape index (κ2) is 12.4. The first-order valence-corrected chi connectivity index (χ1v) is 21.2. The molecule has 59 heavy (non-hydrogen) atoms. The molecule has 1 aromatic heterocycles. The average Bonchev–Trinajstić information content (AvgIpc) is 3.82. The highest BCUT2D eigenvalue weighted by Crippen LogP contribution is 2.64. The van der Waals surface area contributed by atoms with Crippen LogP contribution in [0.2, 0.25) is 0 Å². The lowest BCUT2D eigenvalue weighted by molar-refractivity contribution is 0.775. The summed E-state index contributed by atoms with van der Waals surface area (Å²) in [7, 11) is 0.